The van der Waals surface area contributed by atoms with Crippen LogP contribution in [-0.4, -0.2) is 23.2 Å². The molecule has 0 radical (unpaired) electrons. The minimum atomic E-state index is 0.525. The number of hydrogen-bond donors (Lipinski definition) is 0. The molecule has 1 aliphatic heterocycles. The van der Waals surface area contributed by atoms with Crippen LogP contribution < -0.4 is 0 Å². The van der Waals surface area contributed by atoms with Gasteiger partial charge in [-0.2, -0.15) is 0 Å². The summed E-state index contributed by atoms with van der Waals surface area (Å²) in [5, 5.41) is 0.525. The van der Waals surface area contributed by atoms with Gasteiger partial charge in [0.25, 0.3) is 0 Å². The van der Waals surface area contributed by atoms with Crippen molar-refractivity contribution in [3.05, 3.63) is 21.1 Å². The maximum Gasteiger partial charge on any atom is 0.147 e. The van der Waals surface area contributed by atoms with Crippen molar-refractivity contribution >= 4 is 27.5 Å². The molecule has 1 aromatic rings. The predicted molar refractivity (Wildman–Crippen MR) is 71.4 cm³/mol. The van der Waals surface area contributed by atoms with Gasteiger partial charge in [0.1, 0.15) is 11.0 Å². The summed E-state index contributed by atoms with van der Waals surface area (Å²) in [6.45, 7) is 3.81. The fourth-order valence-corrected chi connectivity index (χ4v) is 2.59. The normalized spacial score (nSPS) is 19.8. The summed E-state index contributed by atoms with van der Waals surface area (Å²) in [7, 11) is 0. The van der Waals surface area contributed by atoms with Crippen molar-refractivity contribution in [2.75, 3.05) is 13.2 Å². The van der Waals surface area contributed by atoms with Gasteiger partial charge >= 0.3 is 0 Å². The first-order valence-corrected chi connectivity index (χ1v) is 7.16. The zero-order valence-electron chi connectivity index (χ0n) is 9.88. The molecule has 0 saturated carbocycles. The Hall–Kier alpha value is -0.190. The van der Waals surface area contributed by atoms with Crippen LogP contribution in [0, 0.1) is 5.92 Å². The predicted octanol–water partition coefficient (Wildman–Crippen LogP) is 3.42. The van der Waals surface area contributed by atoms with Crippen LogP contribution in [0.2, 0.25) is 5.15 Å². The highest BCUT2D eigenvalue weighted by Gasteiger charge is 2.19. The minimum Gasteiger partial charge on any atom is -0.381 e. The molecule has 0 amide bonds. The van der Waals surface area contributed by atoms with Crippen LogP contribution in [0.1, 0.15) is 31.3 Å². The van der Waals surface area contributed by atoms with Crippen LogP contribution in [0.3, 0.4) is 0 Å². The molecule has 0 bridgehead atoms. The molecule has 1 saturated heterocycles. The Morgan fingerprint density at radius 1 is 1.47 bits per heavy atom. The van der Waals surface area contributed by atoms with E-state index in [4.69, 9.17) is 16.3 Å². The van der Waals surface area contributed by atoms with Crippen molar-refractivity contribution in [2.24, 2.45) is 5.92 Å². The average molecular weight is 320 g/mol. The molecule has 0 spiro atoms. The third-order valence-electron chi connectivity index (χ3n) is 2.91. The maximum atomic E-state index is 6.11. The van der Waals surface area contributed by atoms with E-state index < -0.39 is 0 Å². The van der Waals surface area contributed by atoms with Gasteiger partial charge in [-0.3, -0.25) is 0 Å². The van der Waals surface area contributed by atoms with E-state index >= 15 is 0 Å². The van der Waals surface area contributed by atoms with Crippen molar-refractivity contribution in [1.82, 2.24) is 9.97 Å². The fourth-order valence-electron chi connectivity index (χ4n) is 2.01. The second kappa shape index (κ2) is 6.12. The quantitative estimate of drug-likeness (QED) is 0.798. The molecule has 1 aliphatic rings. The van der Waals surface area contributed by atoms with Crippen LogP contribution in [0.25, 0.3) is 0 Å². The monoisotopic (exact) mass is 318 g/mol. The molecule has 17 heavy (non-hydrogen) atoms. The lowest BCUT2D eigenvalue weighted by molar-refractivity contribution is 0.185. The Morgan fingerprint density at radius 2 is 2.29 bits per heavy atom. The molecular weight excluding hydrogens is 304 g/mol. The molecule has 1 aromatic heterocycles. The largest absolute Gasteiger partial charge is 0.381 e. The molecule has 1 fully saturated rings. The number of hydrogen-bond acceptors (Lipinski definition) is 3. The van der Waals surface area contributed by atoms with Gasteiger partial charge in [-0.25, -0.2) is 9.97 Å². The first-order valence-electron chi connectivity index (χ1n) is 5.99. The Bertz CT molecular complexity index is 394. The SMILES string of the molecule is CCCc1nc(CC2CCOC2)nc(Cl)c1Br. The Kier molecular flexibility index (Phi) is 4.77. The molecule has 1 atom stereocenters. The lowest BCUT2D eigenvalue weighted by Gasteiger charge is -2.10. The smallest absolute Gasteiger partial charge is 0.147 e. The topological polar surface area (TPSA) is 35.0 Å². The van der Waals surface area contributed by atoms with Crippen LogP contribution in [0.4, 0.5) is 0 Å². The Balaban J connectivity index is 2.16. The van der Waals surface area contributed by atoms with E-state index in [2.05, 4.69) is 32.8 Å². The minimum absolute atomic E-state index is 0.525. The van der Waals surface area contributed by atoms with E-state index in [1.54, 1.807) is 0 Å². The van der Waals surface area contributed by atoms with E-state index in [-0.39, 0.29) is 0 Å². The Labute approximate surface area is 115 Å². The van der Waals surface area contributed by atoms with Gasteiger partial charge < -0.3 is 4.74 Å². The van der Waals surface area contributed by atoms with Crippen LogP contribution in [-0.2, 0) is 17.6 Å². The first kappa shape index (κ1) is 13.2. The summed E-state index contributed by atoms with van der Waals surface area (Å²) >= 11 is 9.56. The van der Waals surface area contributed by atoms with Gasteiger partial charge in [-0.15, -0.1) is 0 Å². The van der Waals surface area contributed by atoms with Crippen LogP contribution in [0.5, 0.6) is 0 Å². The molecule has 0 aromatic carbocycles. The molecular formula is C12H16BrClN2O. The summed E-state index contributed by atoms with van der Waals surface area (Å²) in [6, 6.07) is 0. The molecule has 0 aliphatic carbocycles. The second-order valence-electron chi connectivity index (χ2n) is 4.38. The number of ether oxygens (including phenoxy) is 1. The fraction of sp³-hybridized carbons (Fsp3) is 0.667. The van der Waals surface area contributed by atoms with Crippen molar-refractivity contribution < 1.29 is 4.74 Å². The van der Waals surface area contributed by atoms with Gasteiger partial charge in [0.15, 0.2) is 0 Å². The van der Waals surface area contributed by atoms with Gasteiger partial charge in [0.2, 0.25) is 0 Å². The summed E-state index contributed by atoms with van der Waals surface area (Å²) in [4.78, 5) is 8.92. The van der Waals surface area contributed by atoms with Gasteiger partial charge in [0, 0.05) is 19.6 Å². The van der Waals surface area contributed by atoms with Crippen molar-refractivity contribution in [3.63, 3.8) is 0 Å². The lowest BCUT2D eigenvalue weighted by Crippen LogP contribution is -2.09. The number of nitrogens with zero attached hydrogens (tertiary/aromatic N) is 2. The van der Waals surface area contributed by atoms with Crippen molar-refractivity contribution in [3.8, 4) is 0 Å². The summed E-state index contributed by atoms with van der Waals surface area (Å²) in [5.41, 5.74) is 1.02. The number of aryl methyl sites for hydroxylation is 1. The van der Waals surface area contributed by atoms with E-state index in [1.165, 1.54) is 0 Å². The summed E-state index contributed by atoms with van der Waals surface area (Å²) in [5.74, 6) is 1.39. The second-order valence-corrected chi connectivity index (χ2v) is 5.53. The van der Waals surface area contributed by atoms with Crippen LogP contribution >= 0.6 is 27.5 Å². The van der Waals surface area contributed by atoms with Crippen molar-refractivity contribution in [1.29, 1.82) is 0 Å². The highest BCUT2D eigenvalue weighted by molar-refractivity contribution is 9.10. The zero-order valence-corrected chi connectivity index (χ0v) is 12.2. The highest BCUT2D eigenvalue weighted by Crippen LogP contribution is 2.26. The highest BCUT2D eigenvalue weighted by atomic mass is 79.9. The molecule has 0 N–H and O–H groups in total. The standard InChI is InChI=1S/C12H16BrClN2O/c1-2-3-9-11(13)12(14)16-10(15-9)6-8-4-5-17-7-8/h8H,2-7H2,1H3. The van der Waals surface area contributed by atoms with Crippen molar-refractivity contribution in [2.45, 2.75) is 32.6 Å². The molecule has 3 nitrogen and oxygen atoms in total. The van der Waals surface area contributed by atoms with Gasteiger partial charge in [-0.1, -0.05) is 24.9 Å². The molecule has 5 heteroatoms. The molecule has 2 rings (SSSR count). The first-order chi connectivity index (χ1) is 8.20. The summed E-state index contributed by atoms with van der Waals surface area (Å²) < 4.78 is 6.20. The van der Waals surface area contributed by atoms with E-state index in [0.717, 1.165) is 54.9 Å². The molecule has 94 valence electrons. The molecule has 1 unspecified atom stereocenters. The maximum absolute atomic E-state index is 6.11. The van der Waals surface area contributed by atoms with Gasteiger partial charge in [0.05, 0.1) is 10.2 Å². The van der Waals surface area contributed by atoms with E-state index in [0.29, 0.717) is 11.1 Å². The van der Waals surface area contributed by atoms with E-state index in [1.807, 2.05) is 0 Å². The third-order valence-corrected chi connectivity index (χ3v) is 4.24. The number of rotatable bonds is 4. The van der Waals surface area contributed by atoms with Gasteiger partial charge in [-0.05, 0) is 34.7 Å². The lowest BCUT2D eigenvalue weighted by atomic mass is 10.0. The number of halogens is 2. The van der Waals surface area contributed by atoms with Crippen LogP contribution in [0.15, 0.2) is 4.47 Å². The average Bonchev–Trinajstić information content (AvgIpc) is 2.78. The Morgan fingerprint density at radius 3 is 2.94 bits per heavy atom. The zero-order chi connectivity index (χ0) is 12.3. The summed E-state index contributed by atoms with van der Waals surface area (Å²) in [6.07, 6.45) is 3.94. The molecule has 2 heterocycles. The number of aromatic nitrogens is 2. The third kappa shape index (κ3) is 3.39. The van der Waals surface area contributed by atoms with E-state index in [9.17, 15) is 0 Å².